The Balaban J connectivity index is 1.57. The SMILES string of the molecule is CC(C)C(=O)SCCCCCCNC(=O)c1cc2ccccc2o1. The number of benzene rings is 1. The maximum Gasteiger partial charge on any atom is 0.287 e. The van der Waals surface area contributed by atoms with Gasteiger partial charge in [-0.3, -0.25) is 9.59 Å². The molecular formula is C19H25NO3S. The molecule has 130 valence electrons. The van der Waals surface area contributed by atoms with E-state index in [1.165, 1.54) is 11.8 Å². The molecule has 1 amide bonds. The smallest absolute Gasteiger partial charge is 0.287 e. The molecule has 0 aliphatic heterocycles. The molecule has 0 fully saturated rings. The lowest BCUT2D eigenvalue weighted by Crippen LogP contribution is -2.23. The van der Waals surface area contributed by atoms with Crippen LogP contribution in [0.3, 0.4) is 0 Å². The number of carbonyl (C=O) groups is 2. The van der Waals surface area contributed by atoms with E-state index in [0.717, 1.165) is 42.4 Å². The Labute approximate surface area is 147 Å². The van der Waals surface area contributed by atoms with Crippen molar-refractivity contribution in [3.8, 4) is 0 Å². The number of carbonyl (C=O) groups excluding carboxylic acids is 2. The monoisotopic (exact) mass is 347 g/mol. The van der Waals surface area contributed by atoms with Crippen molar-refractivity contribution in [3.05, 3.63) is 36.1 Å². The number of amides is 1. The average molecular weight is 347 g/mol. The van der Waals surface area contributed by atoms with Crippen molar-refractivity contribution in [1.29, 1.82) is 0 Å². The molecule has 0 aliphatic rings. The summed E-state index contributed by atoms with van der Waals surface area (Å²) in [7, 11) is 0. The van der Waals surface area contributed by atoms with Crippen LogP contribution >= 0.6 is 11.8 Å². The number of thioether (sulfide) groups is 1. The summed E-state index contributed by atoms with van der Waals surface area (Å²) in [5.74, 6) is 1.20. The fraction of sp³-hybridized carbons (Fsp3) is 0.474. The first-order valence-electron chi connectivity index (χ1n) is 8.51. The van der Waals surface area contributed by atoms with E-state index in [0.29, 0.717) is 12.3 Å². The number of nitrogens with one attached hydrogen (secondary N) is 1. The van der Waals surface area contributed by atoms with E-state index in [9.17, 15) is 9.59 Å². The average Bonchev–Trinajstić information content (AvgIpc) is 3.00. The summed E-state index contributed by atoms with van der Waals surface area (Å²) < 4.78 is 5.53. The maximum atomic E-state index is 12.0. The Hall–Kier alpha value is -1.75. The van der Waals surface area contributed by atoms with Crippen molar-refractivity contribution >= 4 is 33.8 Å². The van der Waals surface area contributed by atoms with Crippen LogP contribution in [0.5, 0.6) is 0 Å². The molecular weight excluding hydrogens is 322 g/mol. The van der Waals surface area contributed by atoms with Crippen LogP contribution in [-0.4, -0.2) is 23.3 Å². The van der Waals surface area contributed by atoms with Gasteiger partial charge in [-0.15, -0.1) is 0 Å². The molecule has 5 heteroatoms. The van der Waals surface area contributed by atoms with Crippen LogP contribution in [0.2, 0.25) is 0 Å². The van der Waals surface area contributed by atoms with Crippen LogP contribution in [-0.2, 0) is 4.79 Å². The van der Waals surface area contributed by atoms with Crippen LogP contribution in [0.15, 0.2) is 34.7 Å². The van der Waals surface area contributed by atoms with Crippen molar-refractivity contribution in [2.45, 2.75) is 39.5 Å². The summed E-state index contributed by atoms with van der Waals surface area (Å²) in [6.45, 7) is 4.51. The highest BCUT2D eigenvalue weighted by atomic mass is 32.2. The summed E-state index contributed by atoms with van der Waals surface area (Å²) in [5, 5.41) is 4.10. The van der Waals surface area contributed by atoms with E-state index in [4.69, 9.17) is 4.42 Å². The Morgan fingerprint density at radius 2 is 1.88 bits per heavy atom. The van der Waals surface area contributed by atoms with Gasteiger partial charge in [-0.25, -0.2) is 0 Å². The van der Waals surface area contributed by atoms with Crippen LogP contribution in [0.4, 0.5) is 0 Å². The Morgan fingerprint density at radius 3 is 2.62 bits per heavy atom. The molecule has 2 aromatic rings. The van der Waals surface area contributed by atoms with Crippen molar-refractivity contribution in [2.24, 2.45) is 5.92 Å². The second kappa shape index (κ2) is 9.52. The van der Waals surface area contributed by atoms with Gasteiger partial charge in [0.25, 0.3) is 5.91 Å². The molecule has 0 radical (unpaired) electrons. The van der Waals surface area contributed by atoms with Gasteiger partial charge in [-0.05, 0) is 25.0 Å². The van der Waals surface area contributed by atoms with Crippen molar-refractivity contribution in [2.75, 3.05) is 12.3 Å². The third kappa shape index (κ3) is 5.71. The van der Waals surface area contributed by atoms with Gasteiger partial charge in [0.15, 0.2) is 10.9 Å². The van der Waals surface area contributed by atoms with Gasteiger partial charge in [0, 0.05) is 23.6 Å². The largest absolute Gasteiger partial charge is 0.451 e. The van der Waals surface area contributed by atoms with Crippen molar-refractivity contribution < 1.29 is 14.0 Å². The minimum atomic E-state index is -0.163. The normalized spacial score (nSPS) is 11.1. The molecule has 0 spiro atoms. The topological polar surface area (TPSA) is 59.3 Å². The molecule has 24 heavy (non-hydrogen) atoms. The summed E-state index contributed by atoms with van der Waals surface area (Å²) in [5.41, 5.74) is 0.732. The van der Waals surface area contributed by atoms with Gasteiger partial charge >= 0.3 is 0 Å². The van der Waals surface area contributed by atoms with Gasteiger partial charge in [-0.2, -0.15) is 0 Å². The zero-order valence-corrected chi connectivity index (χ0v) is 15.2. The van der Waals surface area contributed by atoms with Crippen LogP contribution in [0.25, 0.3) is 11.0 Å². The molecule has 0 atom stereocenters. The van der Waals surface area contributed by atoms with E-state index >= 15 is 0 Å². The summed E-state index contributed by atoms with van der Waals surface area (Å²) in [6, 6.07) is 9.37. The number of rotatable bonds is 9. The van der Waals surface area contributed by atoms with Crippen LogP contribution in [0, 0.1) is 5.92 Å². The zero-order chi connectivity index (χ0) is 17.4. The second-order valence-corrected chi connectivity index (χ2v) is 7.24. The minimum absolute atomic E-state index is 0.114. The van der Waals surface area contributed by atoms with E-state index in [1.807, 2.05) is 38.1 Å². The highest BCUT2D eigenvalue weighted by molar-refractivity contribution is 8.13. The molecule has 1 aromatic carbocycles. The summed E-state index contributed by atoms with van der Waals surface area (Å²) in [4.78, 5) is 23.5. The highest BCUT2D eigenvalue weighted by Crippen LogP contribution is 2.18. The molecule has 0 saturated carbocycles. The fourth-order valence-electron chi connectivity index (χ4n) is 2.30. The predicted molar refractivity (Wildman–Crippen MR) is 99.3 cm³/mol. The van der Waals surface area contributed by atoms with Gasteiger partial charge < -0.3 is 9.73 Å². The molecule has 1 N–H and O–H groups in total. The van der Waals surface area contributed by atoms with E-state index in [1.54, 1.807) is 6.07 Å². The molecule has 0 saturated heterocycles. The third-order valence-electron chi connectivity index (χ3n) is 3.72. The molecule has 4 nitrogen and oxygen atoms in total. The molecule has 2 rings (SSSR count). The number of para-hydroxylation sites is 1. The van der Waals surface area contributed by atoms with E-state index in [2.05, 4.69) is 5.32 Å². The predicted octanol–water partition coefficient (Wildman–Crippen LogP) is 4.64. The first-order chi connectivity index (χ1) is 11.6. The number of fused-ring (bicyclic) bond motifs is 1. The minimum Gasteiger partial charge on any atom is -0.451 e. The first kappa shape index (κ1) is 18.6. The summed E-state index contributed by atoms with van der Waals surface area (Å²) in [6.07, 6.45) is 4.12. The first-order valence-corrected chi connectivity index (χ1v) is 9.50. The fourth-order valence-corrected chi connectivity index (χ4v) is 3.19. The molecule has 0 bridgehead atoms. The second-order valence-electron chi connectivity index (χ2n) is 6.14. The Morgan fingerprint density at radius 1 is 1.12 bits per heavy atom. The lowest BCUT2D eigenvalue weighted by Gasteiger charge is -2.04. The number of furan rings is 1. The van der Waals surface area contributed by atoms with E-state index < -0.39 is 0 Å². The Kier molecular flexibility index (Phi) is 7.37. The number of unbranched alkanes of at least 4 members (excludes halogenated alkanes) is 3. The standard InChI is InChI=1S/C19H25NO3S/c1-14(2)19(22)24-12-8-4-3-7-11-20-18(21)17-13-15-9-5-6-10-16(15)23-17/h5-6,9-10,13-14H,3-4,7-8,11-12H2,1-2H3,(H,20,21). The quantitative estimate of drug-likeness (QED) is 0.671. The third-order valence-corrected chi connectivity index (χ3v) is 4.97. The van der Waals surface area contributed by atoms with E-state index in [-0.39, 0.29) is 16.9 Å². The van der Waals surface area contributed by atoms with Crippen LogP contribution in [0.1, 0.15) is 50.1 Å². The van der Waals surface area contributed by atoms with Gasteiger partial charge in [0.05, 0.1) is 0 Å². The Bertz CT molecular complexity index is 645. The van der Waals surface area contributed by atoms with Gasteiger partial charge in [0.1, 0.15) is 5.58 Å². The van der Waals surface area contributed by atoms with Gasteiger partial charge in [0.2, 0.25) is 0 Å². The number of hydrogen-bond acceptors (Lipinski definition) is 4. The molecule has 1 aromatic heterocycles. The lowest BCUT2D eigenvalue weighted by molar-refractivity contribution is -0.113. The van der Waals surface area contributed by atoms with Crippen LogP contribution < -0.4 is 5.32 Å². The van der Waals surface area contributed by atoms with Crippen molar-refractivity contribution in [3.63, 3.8) is 0 Å². The highest BCUT2D eigenvalue weighted by Gasteiger charge is 2.11. The maximum absolute atomic E-state index is 12.0. The summed E-state index contributed by atoms with van der Waals surface area (Å²) >= 11 is 1.43. The molecule has 0 aliphatic carbocycles. The van der Waals surface area contributed by atoms with Crippen molar-refractivity contribution in [1.82, 2.24) is 5.32 Å². The lowest BCUT2D eigenvalue weighted by atomic mass is 10.2. The zero-order valence-electron chi connectivity index (χ0n) is 14.3. The molecule has 0 unspecified atom stereocenters. The number of hydrogen-bond donors (Lipinski definition) is 1. The van der Waals surface area contributed by atoms with Gasteiger partial charge in [-0.1, -0.05) is 56.7 Å². The molecule has 1 heterocycles.